The molecule has 380 valence electrons. The number of unbranched alkanes of at least 4 members (excludes halogenated alkanes) is 39. The molecule has 0 bridgehead atoms. The monoisotopic (exact) mass is 905 g/mol. The molecule has 0 radical (unpaired) electrons. The van der Waals surface area contributed by atoms with E-state index in [1.165, 1.54) is 225 Å². The lowest BCUT2D eigenvalue weighted by Crippen LogP contribution is -2.30. The van der Waals surface area contributed by atoms with Crippen molar-refractivity contribution in [3.63, 3.8) is 0 Å². The van der Waals surface area contributed by atoms with E-state index < -0.39 is 6.10 Å². The van der Waals surface area contributed by atoms with E-state index in [4.69, 9.17) is 14.2 Å². The zero-order valence-corrected chi connectivity index (χ0v) is 43.8. The molecule has 0 aliphatic rings. The Morgan fingerprint density at radius 3 is 0.812 bits per heavy atom. The summed E-state index contributed by atoms with van der Waals surface area (Å²) in [5.74, 6) is 0.0310. The van der Waals surface area contributed by atoms with Crippen LogP contribution < -0.4 is 0 Å². The third kappa shape index (κ3) is 49.8. The summed E-state index contributed by atoms with van der Waals surface area (Å²) in [4.78, 5) is 38.1. The Kier molecular flexibility index (Phi) is 51.1. The molecule has 1 unspecified atom stereocenters. The van der Waals surface area contributed by atoms with Gasteiger partial charge in [-0.05, 0) is 25.2 Å². The fourth-order valence-electron chi connectivity index (χ4n) is 8.89. The fraction of sp³-hybridized carbons (Fsp3) is 0.948. The van der Waals surface area contributed by atoms with Crippen molar-refractivity contribution >= 4 is 17.9 Å². The van der Waals surface area contributed by atoms with E-state index in [2.05, 4.69) is 27.7 Å². The Morgan fingerprint density at radius 1 is 0.312 bits per heavy atom. The highest BCUT2D eigenvalue weighted by Gasteiger charge is 2.19. The van der Waals surface area contributed by atoms with Crippen molar-refractivity contribution in [3.05, 3.63) is 0 Å². The summed E-state index contributed by atoms with van der Waals surface area (Å²) in [5.41, 5.74) is 0. The smallest absolute Gasteiger partial charge is 0.306 e. The van der Waals surface area contributed by atoms with Gasteiger partial charge in [0.05, 0.1) is 0 Å². The Balaban J connectivity index is 4.29. The van der Waals surface area contributed by atoms with E-state index in [-0.39, 0.29) is 31.1 Å². The maximum atomic E-state index is 12.8. The van der Waals surface area contributed by atoms with Crippen LogP contribution in [0.2, 0.25) is 0 Å². The molecule has 6 nitrogen and oxygen atoms in total. The van der Waals surface area contributed by atoms with Crippen molar-refractivity contribution in [3.8, 4) is 0 Å². The normalized spacial score (nSPS) is 12.4. The largest absolute Gasteiger partial charge is 0.462 e. The summed E-state index contributed by atoms with van der Waals surface area (Å²) in [6.45, 7) is 9.08. The molecule has 0 spiro atoms. The average molecular weight is 906 g/mol. The number of carbonyl (C=O) groups is 3. The number of hydrogen-bond acceptors (Lipinski definition) is 6. The third-order valence-electron chi connectivity index (χ3n) is 13.7. The van der Waals surface area contributed by atoms with Gasteiger partial charge in [0.15, 0.2) is 6.10 Å². The molecule has 0 heterocycles. The quantitative estimate of drug-likeness (QED) is 0.0344. The molecule has 0 aliphatic heterocycles. The van der Waals surface area contributed by atoms with E-state index in [1.807, 2.05) is 0 Å². The molecule has 2 atom stereocenters. The molecular weight excluding hydrogens is 793 g/mol. The number of ether oxygens (including phenoxy) is 3. The molecule has 0 saturated heterocycles. The third-order valence-corrected chi connectivity index (χ3v) is 13.7. The number of esters is 3. The van der Waals surface area contributed by atoms with Crippen molar-refractivity contribution in [1.29, 1.82) is 0 Å². The summed E-state index contributed by atoms with van der Waals surface area (Å²) >= 11 is 0. The first-order valence-electron chi connectivity index (χ1n) is 28.9. The Labute approximate surface area is 399 Å². The van der Waals surface area contributed by atoms with Crippen LogP contribution in [0, 0.1) is 5.92 Å². The Hall–Kier alpha value is -1.59. The van der Waals surface area contributed by atoms with Crippen LogP contribution in [-0.2, 0) is 28.6 Å². The van der Waals surface area contributed by atoms with Crippen LogP contribution in [0.1, 0.15) is 329 Å². The SMILES string of the molecule is CCCCCCCCCCCCCCCCCCCCC(=O)OC[C@@H](COC(=O)CCCCCCCCCCCCCCCC)OC(=O)CCCCCCCCCCCCC(C)CC. The van der Waals surface area contributed by atoms with Gasteiger partial charge in [-0.3, -0.25) is 14.4 Å². The zero-order chi connectivity index (χ0) is 46.7. The lowest BCUT2D eigenvalue weighted by atomic mass is 9.99. The summed E-state index contributed by atoms with van der Waals surface area (Å²) in [6.07, 6.45) is 56.6. The highest BCUT2D eigenvalue weighted by molar-refractivity contribution is 5.71. The molecule has 0 rings (SSSR count). The van der Waals surface area contributed by atoms with Crippen LogP contribution in [0.3, 0.4) is 0 Å². The standard InChI is InChI=1S/C58H112O6/c1-5-8-10-12-14-16-18-20-22-23-24-25-27-29-34-38-42-46-50-57(60)63-53-55(64-58(61)51-47-43-39-35-31-30-32-36-40-44-48-54(4)7-3)52-62-56(59)49-45-41-37-33-28-26-21-19-17-15-13-11-9-6-2/h54-55H,5-53H2,1-4H3/t54?,55-/m1/s1. The number of rotatable bonds is 53. The number of carbonyl (C=O) groups excluding carboxylic acids is 3. The van der Waals surface area contributed by atoms with Crippen molar-refractivity contribution < 1.29 is 28.6 Å². The van der Waals surface area contributed by atoms with Crippen LogP contribution in [0.5, 0.6) is 0 Å². The van der Waals surface area contributed by atoms with E-state index in [0.717, 1.165) is 63.7 Å². The minimum absolute atomic E-state index is 0.0621. The second-order valence-electron chi connectivity index (χ2n) is 20.2. The van der Waals surface area contributed by atoms with Crippen molar-refractivity contribution in [2.75, 3.05) is 13.2 Å². The summed E-state index contributed by atoms with van der Waals surface area (Å²) in [5, 5.41) is 0. The van der Waals surface area contributed by atoms with Crippen LogP contribution in [0.15, 0.2) is 0 Å². The minimum atomic E-state index is -0.762. The second-order valence-corrected chi connectivity index (χ2v) is 20.2. The first kappa shape index (κ1) is 62.4. The van der Waals surface area contributed by atoms with Gasteiger partial charge in [-0.2, -0.15) is 0 Å². The predicted octanol–water partition coefficient (Wildman–Crippen LogP) is 19.0. The van der Waals surface area contributed by atoms with E-state index >= 15 is 0 Å². The molecule has 64 heavy (non-hydrogen) atoms. The molecule has 0 aromatic rings. The highest BCUT2D eigenvalue weighted by atomic mass is 16.6. The summed E-state index contributed by atoms with van der Waals surface area (Å²) in [6, 6.07) is 0. The van der Waals surface area contributed by atoms with E-state index in [1.54, 1.807) is 0 Å². The molecule has 0 aliphatic carbocycles. The molecule has 0 amide bonds. The maximum absolute atomic E-state index is 12.8. The predicted molar refractivity (Wildman–Crippen MR) is 275 cm³/mol. The van der Waals surface area contributed by atoms with Gasteiger partial charge < -0.3 is 14.2 Å². The Morgan fingerprint density at radius 2 is 0.547 bits per heavy atom. The molecular formula is C58H112O6. The van der Waals surface area contributed by atoms with Crippen molar-refractivity contribution in [2.45, 2.75) is 336 Å². The molecule has 6 heteroatoms. The molecule has 0 aromatic heterocycles. The first-order chi connectivity index (χ1) is 31.4. The molecule has 0 aromatic carbocycles. The molecule has 0 N–H and O–H groups in total. The van der Waals surface area contributed by atoms with Crippen LogP contribution in [0.4, 0.5) is 0 Å². The maximum Gasteiger partial charge on any atom is 0.306 e. The molecule has 0 fully saturated rings. The fourth-order valence-corrected chi connectivity index (χ4v) is 8.89. The second kappa shape index (κ2) is 52.4. The molecule has 0 saturated carbocycles. The minimum Gasteiger partial charge on any atom is -0.462 e. The summed E-state index contributed by atoms with van der Waals surface area (Å²) in [7, 11) is 0. The van der Waals surface area contributed by atoms with Crippen LogP contribution in [0.25, 0.3) is 0 Å². The van der Waals surface area contributed by atoms with Gasteiger partial charge in [0.25, 0.3) is 0 Å². The van der Waals surface area contributed by atoms with Crippen LogP contribution in [-0.4, -0.2) is 37.2 Å². The average Bonchev–Trinajstić information content (AvgIpc) is 3.29. The van der Waals surface area contributed by atoms with Gasteiger partial charge in [-0.1, -0.05) is 291 Å². The van der Waals surface area contributed by atoms with Gasteiger partial charge >= 0.3 is 17.9 Å². The van der Waals surface area contributed by atoms with Gasteiger partial charge in [-0.15, -0.1) is 0 Å². The number of hydrogen-bond donors (Lipinski definition) is 0. The van der Waals surface area contributed by atoms with Gasteiger partial charge in [0.2, 0.25) is 0 Å². The zero-order valence-electron chi connectivity index (χ0n) is 43.8. The van der Waals surface area contributed by atoms with E-state index in [0.29, 0.717) is 19.3 Å². The van der Waals surface area contributed by atoms with Crippen LogP contribution >= 0.6 is 0 Å². The van der Waals surface area contributed by atoms with Gasteiger partial charge in [-0.25, -0.2) is 0 Å². The van der Waals surface area contributed by atoms with Crippen molar-refractivity contribution in [2.24, 2.45) is 5.92 Å². The summed E-state index contributed by atoms with van der Waals surface area (Å²) < 4.78 is 16.9. The topological polar surface area (TPSA) is 78.9 Å². The van der Waals surface area contributed by atoms with Gasteiger partial charge in [0, 0.05) is 19.3 Å². The van der Waals surface area contributed by atoms with Gasteiger partial charge in [0.1, 0.15) is 13.2 Å². The Bertz CT molecular complexity index is 966. The lowest BCUT2D eigenvalue weighted by Gasteiger charge is -2.18. The highest BCUT2D eigenvalue weighted by Crippen LogP contribution is 2.18. The van der Waals surface area contributed by atoms with E-state index in [9.17, 15) is 14.4 Å². The van der Waals surface area contributed by atoms with Crippen molar-refractivity contribution in [1.82, 2.24) is 0 Å². The lowest BCUT2D eigenvalue weighted by molar-refractivity contribution is -0.167. The first-order valence-corrected chi connectivity index (χ1v) is 28.9.